The lowest BCUT2D eigenvalue weighted by atomic mass is 10.2. The molecule has 1 unspecified atom stereocenters. The van der Waals surface area contributed by atoms with Gasteiger partial charge in [0.15, 0.2) is 0 Å². The van der Waals surface area contributed by atoms with Crippen molar-refractivity contribution in [2.24, 2.45) is 5.73 Å². The molecule has 0 aromatic heterocycles. The molecular formula is C14H20N2O4. The molecule has 3 N–H and O–H groups in total. The fraction of sp³-hybridized carbons (Fsp3) is 0.429. The van der Waals surface area contributed by atoms with Crippen molar-refractivity contribution in [2.45, 2.75) is 26.0 Å². The van der Waals surface area contributed by atoms with Gasteiger partial charge < -0.3 is 20.5 Å². The topological polar surface area (TPSA) is 90.6 Å². The van der Waals surface area contributed by atoms with E-state index in [-0.39, 0.29) is 18.6 Å². The monoisotopic (exact) mass is 280 g/mol. The van der Waals surface area contributed by atoms with Crippen LogP contribution in [0.15, 0.2) is 24.3 Å². The number of hydrogen-bond donors (Lipinski definition) is 2. The summed E-state index contributed by atoms with van der Waals surface area (Å²) in [4.78, 5) is 23.3. The van der Waals surface area contributed by atoms with Crippen LogP contribution >= 0.6 is 0 Å². The number of esters is 1. The van der Waals surface area contributed by atoms with Crippen LogP contribution in [0.25, 0.3) is 0 Å². The Bertz CT molecular complexity index is 457. The molecule has 0 aliphatic heterocycles. The van der Waals surface area contributed by atoms with Crippen LogP contribution in [-0.2, 0) is 14.3 Å². The van der Waals surface area contributed by atoms with Gasteiger partial charge in [0.1, 0.15) is 6.04 Å². The molecule has 0 aliphatic rings. The number of rotatable bonds is 6. The van der Waals surface area contributed by atoms with Crippen molar-refractivity contribution in [3.05, 3.63) is 29.8 Å². The van der Waals surface area contributed by atoms with Gasteiger partial charge >= 0.3 is 5.97 Å². The van der Waals surface area contributed by atoms with E-state index < -0.39 is 12.0 Å². The highest BCUT2D eigenvalue weighted by Crippen LogP contribution is 2.11. The first kappa shape index (κ1) is 16.1. The zero-order valence-corrected chi connectivity index (χ0v) is 11.9. The van der Waals surface area contributed by atoms with E-state index in [2.05, 4.69) is 5.32 Å². The average Bonchev–Trinajstić information content (AvgIpc) is 2.39. The highest BCUT2D eigenvalue weighted by atomic mass is 16.5. The Kier molecular flexibility index (Phi) is 6.14. The summed E-state index contributed by atoms with van der Waals surface area (Å²) in [7, 11) is 1.47. The first-order valence-electron chi connectivity index (χ1n) is 6.30. The number of ether oxygens (including phenoxy) is 2. The molecule has 20 heavy (non-hydrogen) atoms. The molecule has 110 valence electrons. The number of benzene rings is 1. The molecule has 1 atom stereocenters. The number of methoxy groups -OCH3 is 1. The predicted octanol–water partition coefficient (Wildman–Crippen LogP) is 1.16. The van der Waals surface area contributed by atoms with E-state index in [4.69, 9.17) is 15.2 Å². The lowest BCUT2D eigenvalue weighted by Crippen LogP contribution is -2.39. The molecule has 1 rings (SSSR count). The molecule has 0 fully saturated rings. The van der Waals surface area contributed by atoms with Gasteiger partial charge in [0, 0.05) is 12.8 Å². The van der Waals surface area contributed by atoms with E-state index in [0.717, 1.165) is 0 Å². The minimum Gasteiger partial charge on any atom is -0.459 e. The van der Waals surface area contributed by atoms with Crippen LogP contribution < -0.4 is 11.1 Å². The molecule has 0 aliphatic carbocycles. The molecule has 6 nitrogen and oxygen atoms in total. The smallest absolute Gasteiger partial charge is 0.338 e. The molecule has 0 saturated heterocycles. The molecular weight excluding hydrogens is 260 g/mol. The van der Waals surface area contributed by atoms with Gasteiger partial charge in [0.05, 0.1) is 18.3 Å². The molecule has 0 radical (unpaired) electrons. The zero-order valence-electron chi connectivity index (χ0n) is 11.9. The zero-order chi connectivity index (χ0) is 15.1. The van der Waals surface area contributed by atoms with E-state index in [1.807, 2.05) is 0 Å². The van der Waals surface area contributed by atoms with Gasteiger partial charge in [-0.05, 0) is 38.1 Å². The van der Waals surface area contributed by atoms with Gasteiger partial charge in [-0.25, -0.2) is 4.79 Å². The maximum Gasteiger partial charge on any atom is 0.338 e. The lowest BCUT2D eigenvalue weighted by Gasteiger charge is -2.12. The van der Waals surface area contributed by atoms with Crippen molar-refractivity contribution in [3.63, 3.8) is 0 Å². The Hall–Kier alpha value is -1.92. The van der Waals surface area contributed by atoms with E-state index in [9.17, 15) is 9.59 Å². The van der Waals surface area contributed by atoms with Crippen molar-refractivity contribution in [1.82, 2.24) is 0 Å². The highest BCUT2D eigenvalue weighted by molar-refractivity contribution is 5.95. The summed E-state index contributed by atoms with van der Waals surface area (Å²) in [6.07, 6.45) is -0.172. The second-order valence-electron chi connectivity index (χ2n) is 4.58. The maximum atomic E-state index is 11.7. The normalized spacial score (nSPS) is 12.1. The fourth-order valence-electron chi connectivity index (χ4n) is 1.46. The van der Waals surface area contributed by atoms with Gasteiger partial charge in [0.2, 0.25) is 5.91 Å². The molecule has 1 aromatic rings. The number of nitrogens with one attached hydrogen (secondary N) is 1. The second-order valence-corrected chi connectivity index (χ2v) is 4.58. The molecule has 0 heterocycles. The quantitative estimate of drug-likeness (QED) is 0.763. The summed E-state index contributed by atoms with van der Waals surface area (Å²) in [6, 6.07) is 5.68. The van der Waals surface area contributed by atoms with Crippen LogP contribution in [0.3, 0.4) is 0 Å². The SMILES string of the molecule is COCC(N)C(=O)Nc1ccc(C(=O)OC(C)C)cc1. The number of carbonyl (C=O) groups excluding carboxylic acids is 2. The Morgan fingerprint density at radius 1 is 1.25 bits per heavy atom. The van der Waals surface area contributed by atoms with Gasteiger partial charge in [-0.1, -0.05) is 0 Å². The summed E-state index contributed by atoms with van der Waals surface area (Å²) in [5.41, 5.74) is 6.58. The van der Waals surface area contributed by atoms with Crippen molar-refractivity contribution >= 4 is 17.6 Å². The fourth-order valence-corrected chi connectivity index (χ4v) is 1.46. The molecule has 1 aromatic carbocycles. The van der Waals surface area contributed by atoms with Crippen LogP contribution in [0.4, 0.5) is 5.69 Å². The predicted molar refractivity (Wildman–Crippen MR) is 75.5 cm³/mol. The third-order valence-corrected chi connectivity index (χ3v) is 2.41. The van der Waals surface area contributed by atoms with Crippen molar-refractivity contribution < 1.29 is 19.1 Å². The Labute approximate surface area is 118 Å². The average molecular weight is 280 g/mol. The third kappa shape index (κ3) is 4.99. The molecule has 0 saturated carbocycles. The first-order valence-corrected chi connectivity index (χ1v) is 6.30. The largest absolute Gasteiger partial charge is 0.459 e. The number of amides is 1. The van der Waals surface area contributed by atoms with Crippen LogP contribution in [0.2, 0.25) is 0 Å². The van der Waals surface area contributed by atoms with Crippen LogP contribution in [0.5, 0.6) is 0 Å². The van der Waals surface area contributed by atoms with E-state index in [0.29, 0.717) is 11.3 Å². The first-order chi connectivity index (χ1) is 9.43. The van der Waals surface area contributed by atoms with Gasteiger partial charge in [0.25, 0.3) is 0 Å². The summed E-state index contributed by atoms with van der Waals surface area (Å²) < 4.78 is 9.87. The summed E-state index contributed by atoms with van der Waals surface area (Å²) in [6.45, 7) is 3.71. The number of nitrogens with two attached hydrogens (primary N) is 1. The van der Waals surface area contributed by atoms with Crippen molar-refractivity contribution in [1.29, 1.82) is 0 Å². The lowest BCUT2D eigenvalue weighted by molar-refractivity contribution is -0.118. The minimum atomic E-state index is -0.731. The Balaban J connectivity index is 2.63. The Morgan fingerprint density at radius 3 is 2.35 bits per heavy atom. The summed E-state index contributed by atoms with van der Waals surface area (Å²) in [5.74, 6) is -0.738. The minimum absolute atomic E-state index is 0.143. The maximum absolute atomic E-state index is 11.7. The van der Waals surface area contributed by atoms with Crippen LogP contribution in [0.1, 0.15) is 24.2 Å². The van der Waals surface area contributed by atoms with Gasteiger partial charge in [-0.15, -0.1) is 0 Å². The van der Waals surface area contributed by atoms with E-state index >= 15 is 0 Å². The second kappa shape index (κ2) is 7.62. The molecule has 6 heteroatoms. The third-order valence-electron chi connectivity index (χ3n) is 2.41. The van der Waals surface area contributed by atoms with Crippen LogP contribution in [0, 0.1) is 0 Å². The molecule has 0 bridgehead atoms. The summed E-state index contributed by atoms with van der Waals surface area (Å²) in [5, 5.41) is 2.64. The van der Waals surface area contributed by atoms with Crippen LogP contribution in [-0.4, -0.2) is 37.7 Å². The van der Waals surface area contributed by atoms with Crippen molar-refractivity contribution in [3.8, 4) is 0 Å². The number of hydrogen-bond acceptors (Lipinski definition) is 5. The van der Waals surface area contributed by atoms with Gasteiger partial charge in [-0.3, -0.25) is 4.79 Å². The molecule has 0 spiro atoms. The summed E-state index contributed by atoms with van der Waals surface area (Å²) >= 11 is 0. The van der Waals surface area contributed by atoms with E-state index in [1.165, 1.54) is 7.11 Å². The Morgan fingerprint density at radius 2 is 1.85 bits per heavy atom. The molecule has 1 amide bonds. The number of anilines is 1. The van der Waals surface area contributed by atoms with Crippen molar-refractivity contribution in [2.75, 3.05) is 19.0 Å². The van der Waals surface area contributed by atoms with Gasteiger partial charge in [-0.2, -0.15) is 0 Å². The highest BCUT2D eigenvalue weighted by Gasteiger charge is 2.14. The number of carbonyl (C=O) groups is 2. The standard InChI is InChI=1S/C14H20N2O4/c1-9(2)20-14(18)10-4-6-11(7-5-10)16-13(17)12(15)8-19-3/h4-7,9,12H,8,15H2,1-3H3,(H,16,17). The van der Waals surface area contributed by atoms with E-state index in [1.54, 1.807) is 38.1 Å².